The molecule has 1 aromatic carbocycles. The third kappa shape index (κ3) is 7.98. The fourth-order valence-electron chi connectivity index (χ4n) is 4.27. The van der Waals surface area contributed by atoms with Crippen LogP contribution in [0, 0.1) is 5.92 Å². The first-order valence-electron chi connectivity index (χ1n) is 12.4. The van der Waals surface area contributed by atoms with Crippen molar-refractivity contribution in [2.75, 3.05) is 13.9 Å². The Morgan fingerprint density at radius 1 is 1.11 bits per heavy atom. The van der Waals surface area contributed by atoms with E-state index in [-0.39, 0.29) is 29.2 Å². The van der Waals surface area contributed by atoms with E-state index in [1.54, 1.807) is 31.2 Å². The van der Waals surface area contributed by atoms with Crippen molar-refractivity contribution < 1.29 is 38.1 Å². The summed E-state index contributed by atoms with van der Waals surface area (Å²) in [5.74, 6) is -0.819. The number of methoxy groups -OCH3 is 1. The number of hydrogen-bond acceptors (Lipinski definition) is 9. The molecule has 1 aliphatic rings. The molecular weight excluding hydrogens is 516 g/mol. The standard InChI is InChI=1S/C27H33ClN2O8/c1-16(30-26(32)23-25(36-15-35-18(3)31)22(34-4)13-14-29-23)27(33)37-17(2)24(19-7-5-6-8-19)38-21-11-9-20(28)10-12-21/h9-14,16-17,19,24H,5-8,15H2,1-4H3,(H,30,32)/t16-,17-,24-/m0/s1. The Balaban J connectivity index is 1.66. The molecule has 1 N–H and O–H groups in total. The minimum Gasteiger partial charge on any atom is -0.493 e. The fourth-order valence-corrected chi connectivity index (χ4v) is 4.40. The first-order chi connectivity index (χ1) is 18.2. The van der Waals surface area contributed by atoms with Gasteiger partial charge in [0.15, 0.2) is 17.2 Å². The number of benzene rings is 1. The summed E-state index contributed by atoms with van der Waals surface area (Å²) in [4.78, 5) is 41.1. The van der Waals surface area contributed by atoms with E-state index in [1.165, 1.54) is 33.2 Å². The topological polar surface area (TPSA) is 122 Å². The molecule has 1 fully saturated rings. The molecule has 1 heterocycles. The quantitative estimate of drug-likeness (QED) is 0.305. The van der Waals surface area contributed by atoms with Crippen LogP contribution in [0.2, 0.25) is 5.02 Å². The maximum absolute atomic E-state index is 13.0. The largest absolute Gasteiger partial charge is 0.493 e. The van der Waals surface area contributed by atoms with Crippen molar-refractivity contribution in [1.29, 1.82) is 0 Å². The van der Waals surface area contributed by atoms with Gasteiger partial charge in [-0.05, 0) is 56.9 Å². The van der Waals surface area contributed by atoms with Gasteiger partial charge in [-0.3, -0.25) is 9.59 Å². The second kappa shape index (κ2) is 13.9. The van der Waals surface area contributed by atoms with E-state index in [4.69, 9.17) is 35.3 Å². The van der Waals surface area contributed by atoms with Crippen molar-refractivity contribution >= 4 is 29.4 Å². The molecule has 0 unspecified atom stereocenters. The molecular formula is C27H33ClN2O8. The Labute approximate surface area is 226 Å². The molecule has 0 saturated heterocycles. The highest BCUT2D eigenvalue weighted by Crippen LogP contribution is 2.33. The molecule has 0 spiro atoms. The molecule has 1 aromatic heterocycles. The first-order valence-corrected chi connectivity index (χ1v) is 12.8. The second-order valence-corrected chi connectivity index (χ2v) is 9.44. The van der Waals surface area contributed by atoms with Crippen LogP contribution in [0.15, 0.2) is 36.5 Å². The molecule has 0 bridgehead atoms. The lowest BCUT2D eigenvalue weighted by molar-refractivity contribution is -0.156. The van der Waals surface area contributed by atoms with Crippen molar-refractivity contribution in [3.05, 3.63) is 47.2 Å². The van der Waals surface area contributed by atoms with Crippen molar-refractivity contribution in [3.63, 3.8) is 0 Å². The molecule has 38 heavy (non-hydrogen) atoms. The predicted molar refractivity (Wildman–Crippen MR) is 138 cm³/mol. The van der Waals surface area contributed by atoms with Crippen LogP contribution in [-0.4, -0.2) is 55.0 Å². The number of carbonyl (C=O) groups is 3. The molecule has 1 amide bonds. The summed E-state index contributed by atoms with van der Waals surface area (Å²) in [7, 11) is 1.39. The normalized spacial score (nSPS) is 15.6. The molecule has 2 aromatic rings. The lowest BCUT2D eigenvalue weighted by Crippen LogP contribution is -2.45. The first kappa shape index (κ1) is 29.0. The van der Waals surface area contributed by atoms with Gasteiger partial charge < -0.3 is 29.0 Å². The number of nitrogens with one attached hydrogen (secondary N) is 1. The monoisotopic (exact) mass is 548 g/mol. The van der Waals surface area contributed by atoms with Crippen LogP contribution in [-0.2, 0) is 19.1 Å². The number of carbonyl (C=O) groups excluding carboxylic acids is 3. The summed E-state index contributed by atoms with van der Waals surface area (Å²) >= 11 is 5.99. The number of nitrogens with zero attached hydrogens (tertiary/aromatic N) is 1. The van der Waals surface area contributed by atoms with Crippen molar-refractivity contribution in [1.82, 2.24) is 10.3 Å². The number of rotatable bonds is 12. The van der Waals surface area contributed by atoms with Crippen LogP contribution in [0.4, 0.5) is 0 Å². The Morgan fingerprint density at radius 3 is 2.42 bits per heavy atom. The number of esters is 2. The van der Waals surface area contributed by atoms with E-state index in [9.17, 15) is 14.4 Å². The molecule has 0 radical (unpaired) electrons. The molecule has 1 aliphatic carbocycles. The zero-order chi connectivity index (χ0) is 27.7. The summed E-state index contributed by atoms with van der Waals surface area (Å²) in [5.41, 5.74) is -0.140. The summed E-state index contributed by atoms with van der Waals surface area (Å²) in [6, 6.07) is 7.54. The number of ether oxygens (including phenoxy) is 5. The van der Waals surface area contributed by atoms with Crippen molar-refractivity contribution in [2.45, 2.75) is 64.7 Å². The highest BCUT2D eigenvalue weighted by molar-refractivity contribution is 6.30. The summed E-state index contributed by atoms with van der Waals surface area (Å²) in [6.45, 7) is 4.08. The fraction of sp³-hybridized carbons (Fsp3) is 0.481. The Bertz CT molecular complexity index is 1100. The average molecular weight is 549 g/mol. The van der Waals surface area contributed by atoms with Crippen LogP contribution in [0.3, 0.4) is 0 Å². The Morgan fingerprint density at radius 2 is 1.79 bits per heavy atom. The van der Waals surface area contributed by atoms with E-state index in [0.717, 1.165) is 25.7 Å². The van der Waals surface area contributed by atoms with Crippen molar-refractivity contribution in [2.24, 2.45) is 5.92 Å². The number of pyridine rings is 1. The van der Waals surface area contributed by atoms with E-state index >= 15 is 0 Å². The molecule has 3 rings (SSSR count). The van der Waals surface area contributed by atoms with Gasteiger partial charge >= 0.3 is 11.9 Å². The molecule has 10 nitrogen and oxygen atoms in total. The maximum atomic E-state index is 13.0. The number of aromatic nitrogens is 1. The van der Waals surface area contributed by atoms with Gasteiger partial charge in [0.1, 0.15) is 24.0 Å². The van der Waals surface area contributed by atoms with Gasteiger partial charge in [0, 0.05) is 24.2 Å². The van der Waals surface area contributed by atoms with Gasteiger partial charge in [0.2, 0.25) is 6.79 Å². The Hall–Kier alpha value is -3.53. The molecule has 11 heteroatoms. The summed E-state index contributed by atoms with van der Waals surface area (Å²) < 4.78 is 27.4. The molecule has 1 saturated carbocycles. The van der Waals surface area contributed by atoms with Gasteiger partial charge in [0.25, 0.3) is 5.91 Å². The number of amides is 1. The molecule has 3 atom stereocenters. The summed E-state index contributed by atoms with van der Waals surface area (Å²) in [6.07, 6.45) is 4.57. The van der Waals surface area contributed by atoms with E-state index in [0.29, 0.717) is 10.8 Å². The van der Waals surface area contributed by atoms with Gasteiger partial charge in [-0.25, -0.2) is 9.78 Å². The van der Waals surface area contributed by atoms with E-state index < -0.39 is 36.8 Å². The minimum atomic E-state index is -1.00. The SMILES string of the molecule is COc1ccnc(C(=O)N[C@@H](C)C(=O)O[C@@H](C)[C@H](Oc2ccc(Cl)cc2)C2CCCC2)c1OCOC(C)=O. The third-order valence-electron chi connectivity index (χ3n) is 6.18. The highest BCUT2D eigenvalue weighted by Gasteiger charge is 2.34. The molecule has 206 valence electrons. The van der Waals surface area contributed by atoms with Crippen LogP contribution in [0.5, 0.6) is 17.2 Å². The predicted octanol–water partition coefficient (Wildman–Crippen LogP) is 4.33. The second-order valence-electron chi connectivity index (χ2n) is 9.01. The highest BCUT2D eigenvalue weighted by atomic mass is 35.5. The van der Waals surface area contributed by atoms with E-state index in [2.05, 4.69) is 10.3 Å². The van der Waals surface area contributed by atoms with Crippen LogP contribution in [0.1, 0.15) is 56.9 Å². The van der Waals surface area contributed by atoms with Crippen molar-refractivity contribution in [3.8, 4) is 17.2 Å². The van der Waals surface area contributed by atoms with Crippen LogP contribution in [0.25, 0.3) is 0 Å². The van der Waals surface area contributed by atoms with E-state index in [1.807, 2.05) is 0 Å². The lowest BCUT2D eigenvalue weighted by atomic mass is 9.96. The Kier molecular flexibility index (Phi) is 10.6. The van der Waals surface area contributed by atoms with Gasteiger partial charge in [-0.2, -0.15) is 0 Å². The zero-order valence-electron chi connectivity index (χ0n) is 21.9. The number of halogens is 1. The van der Waals surface area contributed by atoms with Gasteiger partial charge in [-0.15, -0.1) is 0 Å². The minimum absolute atomic E-state index is 0.0275. The third-order valence-corrected chi connectivity index (χ3v) is 6.44. The summed E-state index contributed by atoms with van der Waals surface area (Å²) in [5, 5.41) is 3.18. The van der Waals surface area contributed by atoms with Crippen LogP contribution < -0.4 is 19.5 Å². The van der Waals surface area contributed by atoms with Crippen LogP contribution >= 0.6 is 11.6 Å². The zero-order valence-corrected chi connectivity index (χ0v) is 22.7. The lowest BCUT2D eigenvalue weighted by Gasteiger charge is -2.30. The number of hydrogen-bond donors (Lipinski definition) is 1. The molecule has 0 aliphatic heterocycles. The van der Waals surface area contributed by atoms with Gasteiger partial charge in [-0.1, -0.05) is 24.4 Å². The van der Waals surface area contributed by atoms with Gasteiger partial charge in [0.05, 0.1) is 7.11 Å². The smallest absolute Gasteiger partial charge is 0.328 e. The maximum Gasteiger partial charge on any atom is 0.328 e. The average Bonchev–Trinajstić information content (AvgIpc) is 3.42.